The maximum absolute atomic E-state index is 5.53. The van der Waals surface area contributed by atoms with Crippen molar-refractivity contribution in [3.05, 3.63) is 0 Å². The summed E-state index contributed by atoms with van der Waals surface area (Å²) in [5.41, 5.74) is 0. The third-order valence-electron chi connectivity index (χ3n) is 2.78. The van der Waals surface area contributed by atoms with Gasteiger partial charge in [0.25, 0.3) is 0 Å². The van der Waals surface area contributed by atoms with E-state index < -0.39 is 0 Å². The predicted molar refractivity (Wildman–Crippen MR) is 57.3 cm³/mol. The Morgan fingerprint density at radius 1 is 1.29 bits per heavy atom. The largest absolute Gasteiger partial charge is 0.352 e. The van der Waals surface area contributed by atoms with Gasteiger partial charge in [0, 0.05) is 25.8 Å². The van der Waals surface area contributed by atoms with E-state index in [9.17, 15) is 0 Å². The highest BCUT2D eigenvalue weighted by Gasteiger charge is 2.23. The molecule has 0 saturated carbocycles. The highest BCUT2D eigenvalue weighted by molar-refractivity contribution is 4.75. The average molecular weight is 201 g/mol. The maximum Gasteiger partial charge on any atom is 0.170 e. The van der Waals surface area contributed by atoms with E-state index in [0.29, 0.717) is 6.04 Å². The molecule has 14 heavy (non-hydrogen) atoms. The van der Waals surface area contributed by atoms with Crippen LogP contribution in [0.1, 0.15) is 33.6 Å². The van der Waals surface area contributed by atoms with Crippen molar-refractivity contribution in [3.8, 4) is 0 Å². The van der Waals surface area contributed by atoms with E-state index in [0.717, 1.165) is 19.8 Å². The zero-order chi connectivity index (χ0) is 10.4. The topological polar surface area (TPSA) is 21.7 Å². The van der Waals surface area contributed by atoms with Crippen LogP contribution in [0.4, 0.5) is 0 Å². The second-order valence-corrected chi connectivity index (χ2v) is 3.83. The number of hydrogen-bond donors (Lipinski definition) is 0. The molecule has 0 bridgehead atoms. The van der Waals surface area contributed by atoms with Crippen molar-refractivity contribution in [1.29, 1.82) is 0 Å². The van der Waals surface area contributed by atoms with Crippen molar-refractivity contribution in [3.63, 3.8) is 0 Å². The Kier molecular flexibility index (Phi) is 5.45. The second kappa shape index (κ2) is 6.38. The van der Waals surface area contributed by atoms with Crippen molar-refractivity contribution in [1.82, 2.24) is 4.90 Å². The molecule has 1 aliphatic rings. The van der Waals surface area contributed by atoms with Crippen LogP contribution >= 0.6 is 0 Å². The van der Waals surface area contributed by atoms with Crippen LogP contribution in [0.2, 0.25) is 0 Å². The first-order chi connectivity index (χ1) is 6.77. The van der Waals surface area contributed by atoms with Crippen LogP contribution < -0.4 is 0 Å². The third kappa shape index (κ3) is 3.56. The van der Waals surface area contributed by atoms with Crippen LogP contribution in [0.15, 0.2) is 0 Å². The highest BCUT2D eigenvalue weighted by atomic mass is 16.7. The van der Waals surface area contributed by atoms with E-state index in [1.165, 1.54) is 19.4 Å². The van der Waals surface area contributed by atoms with Crippen LogP contribution in [-0.2, 0) is 9.47 Å². The molecule has 1 heterocycles. The second-order valence-electron chi connectivity index (χ2n) is 3.83. The van der Waals surface area contributed by atoms with E-state index in [1.54, 1.807) is 0 Å². The Morgan fingerprint density at radius 3 is 2.36 bits per heavy atom. The highest BCUT2D eigenvalue weighted by Crippen LogP contribution is 2.17. The van der Waals surface area contributed by atoms with E-state index in [2.05, 4.69) is 11.8 Å². The average Bonchev–Trinajstić information content (AvgIpc) is 2.53. The van der Waals surface area contributed by atoms with Gasteiger partial charge in [-0.2, -0.15) is 0 Å². The normalized spacial score (nSPS) is 23.6. The molecule has 0 aromatic heterocycles. The summed E-state index contributed by atoms with van der Waals surface area (Å²) in [5.74, 6) is 0. The Morgan fingerprint density at radius 2 is 1.93 bits per heavy atom. The SMILES string of the molecule is CCOC(CN1CCCC1C)OCC. The van der Waals surface area contributed by atoms with E-state index >= 15 is 0 Å². The number of hydrogen-bond acceptors (Lipinski definition) is 3. The molecule has 0 aromatic carbocycles. The predicted octanol–water partition coefficient (Wildman–Crippen LogP) is 1.87. The molecular weight excluding hydrogens is 178 g/mol. The summed E-state index contributed by atoms with van der Waals surface area (Å²) >= 11 is 0. The number of likely N-dealkylation sites (tertiary alicyclic amines) is 1. The lowest BCUT2D eigenvalue weighted by molar-refractivity contribution is -0.147. The van der Waals surface area contributed by atoms with Crippen LogP contribution in [0, 0.1) is 0 Å². The zero-order valence-corrected chi connectivity index (χ0v) is 9.66. The fraction of sp³-hybridized carbons (Fsp3) is 1.00. The van der Waals surface area contributed by atoms with Gasteiger partial charge in [-0.3, -0.25) is 4.90 Å². The fourth-order valence-electron chi connectivity index (χ4n) is 1.98. The molecule has 0 N–H and O–H groups in total. The summed E-state index contributed by atoms with van der Waals surface area (Å²) < 4.78 is 11.1. The minimum atomic E-state index is -0.0365. The molecule has 1 atom stereocenters. The molecule has 1 rings (SSSR count). The van der Waals surface area contributed by atoms with Crippen molar-refractivity contribution in [2.45, 2.75) is 45.9 Å². The fourth-order valence-corrected chi connectivity index (χ4v) is 1.98. The lowest BCUT2D eigenvalue weighted by Crippen LogP contribution is -2.37. The smallest absolute Gasteiger partial charge is 0.170 e. The molecule has 0 radical (unpaired) electrons. The van der Waals surface area contributed by atoms with Crippen LogP contribution in [-0.4, -0.2) is 43.5 Å². The van der Waals surface area contributed by atoms with Gasteiger partial charge in [-0.05, 0) is 40.2 Å². The Hall–Kier alpha value is -0.120. The summed E-state index contributed by atoms with van der Waals surface area (Å²) in [6.07, 6.45) is 2.59. The molecular formula is C11H23NO2. The summed E-state index contributed by atoms with van der Waals surface area (Å²) in [6, 6.07) is 0.693. The molecule has 0 spiro atoms. The number of rotatable bonds is 6. The van der Waals surface area contributed by atoms with Crippen LogP contribution in [0.5, 0.6) is 0 Å². The van der Waals surface area contributed by atoms with Gasteiger partial charge in [0.1, 0.15) is 0 Å². The van der Waals surface area contributed by atoms with Crippen molar-refractivity contribution in [2.75, 3.05) is 26.3 Å². The Bertz CT molecular complexity index is 146. The number of ether oxygens (including phenoxy) is 2. The van der Waals surface area contributed by atoms with E-state index in [1.807, 2.05) is 13.8 Å². The van der Waals surface area contributed by atoms with Crippen LogP contribution in [0.3, 0.4) is 0 Å². The summed E-state index contributed by atoms with van der Waals surface area (Å²) in [6.45, 7) is 9.88. The van der Waals surface area contributed by atoms with Crippen LogP contribution in [0.25, 0.3) is 0 Å². The Labute approximate surface area is 87.4 Å². The number of nitrogens with zero attached hydrogens (tertiary/aromatic N) is 1. The summed E-state index contributed by atoms with van der Waals surface area (Å²) in [4.78, 5) is 2.45. The minimum Gasteiger partial charge on any atom is -0.352 e. The lowest BCUT2D eigenvalue weighted by Gasteiger charge is -2.26. The van der Waals surface area contributed by atoms with E-state index in [-0.39, 0.29) is 6.29 Å². The van der Waals surface area contributed by atoms with Crippen molar-refractivity contribution in [2.24, 2.45) is 0 Å². The molecule has 0 aromatic rings. The summed E-state index contributed by atoms with van der Waals surface area (Å²) in [7, 11) is 0. The van der Waals surface area contributed by atoms with Gasteiger partial charge in [-0.25, -0.2) is 0 Å². The molecule has 0 amide bonds. The standard InChI is InChI=1S/C11H23NO2/c1-4-13-11(14-5-2)9-12-8-6-7-10(12)3/h10-11H,4-9H2,1-3H3. The van der Waals surface area contributed by atoms with Crippen molar-refractivity contribution < 1.29 is 9.47 Å². The Balaban J connectivity index is 2.29. The van der Waals surface area contributed by atoms with Gasteiger partial charge in [0.15, 0.2) is 6.29 Å². The first kappa shape index (κ1) is 12.0. The van der Waals surface area contributed by atoms with Crippen molar-refractivity contribution >= 4 is 0 Å². The van der Waals surface area contributed by atoms with Gasteiger partial charge >= 0.3 is 0 Å². The van der Waals surface area contributed by atoms with Gasteiger partial charge in [-0.1, -0.05) is 0 Å². The summed E-state index contributed by atoms with van der Waals surface area (Å²) in [5, 5.41) is 0. The molecule has 1 fully saturated rings. The molecule has 1 aliphatic heterocycles. The van der Waals surface area contributed by atoms with Gasteiger partial charge < -0.3 is 9.47 Å². The van der Waals surface area contributed by atoms with Gasteiger partial charge in [0.05, 0.1) is 0 Å². The van der Waals surface area contributed by atoms with Gasteiger partial charge in [0.2, 0.25) is 0 Å². The molecule has 1 unspecified atom stereocenters. The quantitative estimate of drug-likeness (QED) is 0.612. The lowest BCUT2D eigenvalue weighted by atomic mass is 10.2. The minimum absolute atomic E-state index is 0.0365. The molecule has 84 valence electrons. The molecule has 0 aliphatic carbocycles. The molecule has 3 heteroatoms. The molecule has 1 saturated heterocycles. The van der Waals surface area contributed by atoms with Gasteiger partial charge in [-0.15, -0.1) is 0 Å². The first-order valence-corrected chi connectivity index (χ1v) is 5.75. The van der Waals surface area contributed by atoms with E-state index in [4.69, 9.17) is 9.47 Å². The first-order valence-electron chi connectivity index (χ1n) is 5.75. The molecule has 3 nitrogen and oxygen atoms in total. The monoisotopic (exact) mass is 201 g/mol. The third-order valence-corrected chi connectivity index (χ3v) is 2.78. The zero-order valence-electron chi connectivity index (χ0n) is 9.66. The maximum atomic E-state index is 5.53.